The molecule has 3 atom stereocenters. The number of carbonyl (C=O) groups excluding carboxylic acids is 3. The summed E-state index contributed by atoms with van der Waals surface area (Å²) in [5, 5.41) is 22.4. The Morgan fingerprint density at radius 2 is 0.920 bits per heavy atom. The highest BCUT2D eigenvalue weighted by molar-refractivity contribution is 6.32. The summed E-state index contributed by atoms with van der Waals surface area (Å²) in [5.41, 5.74) is 24.9. The van der Waals surface area contributed by atoms with Gasteiger partial charge in [0.1, 0.15) is 39.5 Å². The Bertz CT molecular complexity index is 5800. The third-order valence-corrected chi connectivity index (χ3v) is 20.7. The molecule has 3 saturated heterocycles. The Kier molecular flexibility index (Phi) is 24.0. The molecule has 0 bridgehead atoms. The van der Waals surface area contributed by atoms with Gasteiger partial charge in [-0.2, -0.15) is 15.3 Å². The molecule has 3 amide bonds. The van der Waals surface area contributed by atoms with Gasteiger partial charge in [-0.15, -0.1) is 0 Å². The minimum Gasteiger partial charge on any atom is -0.493 e. The van der Waals surface area contributed by atoms with E-state index in [1.165, 1.54) is 12.2 Å². The van der Waals surface area contributed by atoms with Gasteiger partial charge in [-0.3, -0.25) is 28.8 Å². The molecular weight excluding hydrogens is 1480 g/mol. The molecular formula is C84H86Cl2N16O11. The van der Waals surface area contributed by atoms with Crippen molar-refractivity contribution in [2.45, 2.75) is 63.6 Å². The molecule has 0 radical (unpaired) electrons. The van der Waals surface area contributed by atoms with E-state index in [1.54, 1.807) is 66.5 Å². The number of H-pyrrole nitrogens is 3. The first-order valence-corrected chi connectivity index (χ1v) is 37.5. The van der Waals surface area contributed by atoms with Gasteiger partial charge >= 0.3 is 0 Å². The summed E-state index contributed by atoms with van der Waals surface area (Å²) in [5.74, 6) is 4.98. The lowest BCUT2D eigenvalue weighted by Gasteiger charge is -2.33. The number of nitrogen functional groups attached to an aromatic ring is 3. The van der Waals surface area contributed by atoms with Crippen LogP contribution in [0.15, 0.2) is 204 Å². The summed E-state index contributed by atoms with van der Waals surface area (Å²) < 4.78 is 35.1. The molecule has 6 aromatic heterocycles. The lowest BCUT2D eigenvalue weighted by atomic mass is 10.0. The number of hydrogen-bond acceptors (Lipinski definition) is 18. The van der Waals surface area contributed by atoms with Crippen molar-refractivity contribution in [1.82, 2.24) is 63.9 Å². The van der Waals surface area contributed by atoms with Gasteiger partial charge in [0.25, 0.3) is 16.7 Å². The monoisotopic (exact) mass is 1560 g/mol. The Balaban J connectivity index is 0.000000149. The number of aromatic nitrogens is 9. The number of rotatable bonds is 19. The molecule has 113 heavy (non-hydrogen) atoms. The number of para-hydroxylation sites is 1. The number of aryl methyl sites for hydroxylation is 1. The maximum atomic E-state index is 13.1. The number of hydrogen-bond donors (Lipinski definition) is 6. The Morgan fingerprint density at radius 1 is 0.504 bits per heavy atom. The number of likely N-dealkylation sites (tertiary alicyclic amines) is 3. The smallest absolute Gasteiger partial charge is 0.288 e. The third-order valence-electron chi connectivity index (χ3n) is 20.2. The Morgan fingerprint density at radius 3 is 1.35 bits per heavy atom. The van der Waals surface area contributed by atoms with Gasteiger partial charge in [0.05, 0.1) is 53.5 Å². The van der Waals surface area contributed by atoms with Crippen molar-refractivity contribution < 1.29 is 38.1 Å². The number of likely N-dealkylation sites (N-methyl/N-ethyl adjacent to an activating group) is 1. The highest BCUT2D eigenvalue weighted by Gasteiger charge is 2.32. The van der Waals surface area contributed by atoms with Crippen LogP contribution >= 0.6 is 23.2 Å². The molecule has 6 aromatic carbocycles. The first kappa shape index (κ1) is 78.3. The standard InChI is InChI=1S/C30H33ClN6O4.C28H29N5O4.C26H24ClN5O3/c1-35(2)13-6-10-26(38)36-14-5-8-21(17-36)37-18-23(27-28(37)30(39)34-33-29(27)32)19-11-12-24(25(15-19)40-3)41-22-9-4-7-20(31)16-22;1-4-24(34)32-12-6-8-19(15-32)33-16-21(25-26(33)28(35)31-30-27(25)29)18-10-11-22(23(14-18)36-3)37-20-9-5-7-17(2)13-20;1-2-22(33)31-13-5-6-17(14-31)32-15-19(23-24(32)26(34)30-29-25(23)28)16-9-11-18(12-10-16)35-21-8-4-3-7-20(21)27/h4,6-7,9-12,15-16,18,21H,5,8,13-14,17H2,1-3H3,(H2,32,33)(H,34,39);4-5,7,9-11,13-14,16,19H,1,6,8,12,15H2,2-3H3,(H2,29,30)(H,31,35);2-4,7-12,15,17H,1,5-6,13-14H2,(H2,28,29)(H,30,34)/b10-6+;;/t;;17-/m..1/s1. The van der Waals surface area contributed by atoms with E-state index in [-0.39, 0.29) is 70.0 Å². The van der Waals surface area contributed by atoms with Crippen molar-refractivity contribution >= 4 is 91.1 Å². The Labute approximate surface area is 659 Å². The van der Waals surface area contributed by atoms with E-state index in [2.05, 4.69) is 43.7 Å². The summed E-state index contributed by atoms with van der Waals surface area (Å²) in [4.78, 5) is 83.7. The van der Waals surface area contributed by atoms with Crippen LogP contribution in [0.5, 0.6) is 46.0 Å². The average molecular weight is 1570 g/mol. The van der Waals surface area contributed by atoms with Crippen LogP contribution in [0, 0.1) is 6.92 Å². The van der Waals surface area contributed by atoms with Crippen LogP contribution in [-0.4, -0.2) is 156 Å². The van der Waals surface area contributed by atoms with E-state index < -0.39 is 0 Å². The topological polar surface area (TPSA) is 340 Å². The number of aromatic amines is 3. The normalized spacial score (nSPS) is 15.6. The largest absolute Gasteiger partial charge is 0.493 e. The number of methoxy groups -OCH3 is 2. The Hall–Kier alpha value is -12.9. The van der Waals surface area contributed by atoms with Crippen LogP contribution in [0.1, 0.15) is 62.2 Å². The lowest BCUT2D eigenvalue weighted by molar-refractivity contribution is -0.128. The number of nitrogens with zero attached hydrogens (tertiary/aromatic N) is 10. The molecule has 0 aliphatic carbocycles. The van der Waals surface area contributed by atoms with Gasteiger partial charge in [0, 0.05) is 92.2 Å². The SMILES string of the molecule is C=CC(=O)N1CCCC(n2cc(-c3ccc(Oc4cccc(C)c4)c(OC)c3)c3c(N)n[nH]c(=O)c32)C1.C=CC(=O)N1CCC[C@@H](n2cc(-c3ccc(Oc4ccccc4Cl)cc3)c3c(N)n[nH]c(=O)c32)C1.COc1cc(-c2cn(C3CCCN(C(=O)/C=C/CN(C)C)C3)c3c(=O)[nH]nc(N)c23)ccc1Oc1cccc(Cl)c1. The van der Waals surface area contributed by atoms with E-state index in [0.29, 0.717) is 135 Å². The summed E-state index contributed by atoms with van der Waals surface area (Å²) in [7, 11) is 7.05. The maximum absolute atomic E-state index is 13.1. The molecule has 15 rings (SSSR count). The number of piperidine rings is 3. The predicted molar refractivity (Wildman–Crippen MR) is 441 cm³/mol. The van der Waals surface area contributed by atoms with Crippen LogP contribution in [0.3, 0.4) is 0 Å². The van der Waals surface area contributed by atoms with Crippen LogP contribution in [0.4, 0.5) is 17.5 Å². The van der Waals surface area contributed by atoms with E-state index in [9.17, 15) is 28.8 Å². The first-order valence-electron chi connectivity index (χ1n) is 36.8. The van der Waals surface area contributed by atoms with Crippen molar-refractivity contribution in [2.24, 2.45) is 0 Å². The number of fused-ring (bicyclic) bond motifs is 3. The van der Waals surface area contributed by atoms with Crippen molar-refractivity contribution in [2.75, 3.05) is 91.3 Å². The zero-order chi connectivity index (χ0) is 79.7. The summed E-state index contributed by atoms with van der Waals surface area (Å²) in [6, 6.07) is 40.5. The number of carbonyl (C=O) groups is 3. The summed E-state index contributed by atoms with van der Waals surface area (Å²) >= 11 is 12.3. The van der Waals surface area contributed by atoms with Crippen molar-refractivity contribution in [3.05, 3.63) is 236 Å². The maximum Gasteiger partial charge on any atom is 0.288 e. The molecule has 0 saturated carbocycles. The second-order valence-electron chi connectivity index (χ2n) is 27.9. The fraction of sp³-hybridized carbons (Fsp3) is 0.250. The molecule has 3 aliphatic heterocycles. The highest BCUT2D eigenvalue weighted by atomic mass is 35.5. The van der Waals surface area contributed by atoms with E-state index in [4.69, 9.17) is 64.1 Å². The first-order chi connectivity index (χ1) is 54.6. The zero-order valence-electron chi connectivity index (χ0n) is 63.0. The molecule has 12 aromatic rings. The second-order valence-corrected chi connectivity index (χ2v) is 28.8. The number of nitrogens with one attached hydrogen (secondary N) is 3. The van der Waals surface area contributed by atoms with Crippen molar-refractivity contribution in [1.29, 1.82) is 0 Å². The molecule has 0 spiro atoms. The van der Waals surface area contributed by atoms with Crippen molar-refractivity contribution in [3.8, 4) is 79.4 Å². The number of anilines is 3. The average Bonchev–Trinajstić information content (AvgIpc) is 1.61. The van der Waals surface area contributed by atoms with Gasteiger partial charge < -0.3 is 74.2 Å². The van der Waals surface area contributed by atoms with Crippen LogP contribution < -0.4 is 57.6 Å². The van der Waals surface area contributed by atoms with E-state index in [0.717, 1.165) is 77.5 Å². The fourth-order valence-electron chi connectivity index (χ4n) is 14.8. The quantitative estimate of drug-likeness (QED) is 0.0410. The molecule has 3 fully saturated rings. The van der Waals surface area contributed by atoms with E-state index in [1.807, 2.05) is 166 Å². The molecule has 27 nitrogen and oxygen atoms in total. The fourth-order valence-corrected chi connectivity index (χ4v) is 15.1. The van der Waals surface area contributed by atoms with Gasteiger partial charge in [0.2, 0.25) is 17.7 Å². The molecule has 9 N–H and O–H groups in total. The minimum atomic E-state index is -0.345. The molecule has 9 heterocycles. The highest BCUT2D eigenvalue weighted by Crippen LogP contribution is 2.44. The summed E-state index contributed by atoms with van der Waals surface area (Å²) in [6.45, 7) is 13.3. The number of halogens is 2. The van der Waals surface area contributed by atoms with Crippen LogP contribution in [0.25, 0.3) is 66.1 Å². The minimum absolute atomic E-state index is 0.0386. The van der Waals surface area contributed by atoms with Gasteiger partial charge in [0.15, 0.2) is 40.5 Å². The number of benzene rings is 6. The van der Waals surface area contributed by atoms with Gasteiger partial charge in [-0.25, -0.2) is 15.3 Å². The lowest BCUT2D eigenvalue weighted by Crippen LogP contribution is -2.40. The molecule has 2 unspecified atom stereocenters. The zero-order valence-corrected chi connectivity index (χ0v) is 64.5. The van der Waals surface area contributed by atoms with Crippen LogP contribution in [-0.2, 0) is 14.4 Å². The number of amides is 3. The summed E-state index contributed by atoms with van der Waals surface area (Å²) in [6.07, 6.45) is 16.8. The number of nitrogens with two attached hydrogens (primary N) is 3. The van der Waals surface area contributed by atoms with E-state index >= 15 is 0 Å². The van der Waals surface area contributed by atoms with Gasteiger partial charge in [-0.1, -0.05) is 97.0 Å². The molecule has 29 heteroatoms. The van der Waals surface area contributed by atoms with Gasteiger partial charge in [-0.05, 0) is 173 Å². The van der Waals surface area contributed by atoms with Crippen molar-refractivity contribution in [3.63, 3.8) is 0 Å². The van der Waals surface area contributed by atoms with Crippen LogP contribution in [0.2, 0.25) is 10.0 Å². The predicted octanol–water partition coefficient (Wildman–Crippen LogP) is 13.9. The second kappa shape index (κ2) is 34.6. The molecule has 582 valence electrons. The third kappa shape index (κ3) is 17.2. The number of ether oxygens (including phenoxy) is 5. The molecule has 3 aliphatic rings.